The maximum absolute atomic E-state index is 11.7. The van der Waals surface area contributed by atoms with Gasteiger partial charge in [0, 0.05) is 26.2 Å². The summed E-state index contributed by atoms with van der Waals surface area (Å²) in [4.78, 5) is 41.5. The summed E-state index contributed by atoms with van der Waals surface area (Å²) in [5, 5.41) is 2.76. The van der Waals surface area contributed by atoms with E-state index in [-0.39, 0.29) is 37.4 Å². The lowest BCUT2D eigenvalue weighted by Gasteiger charge is -2.13. The Morgan fingerprint density at radius 3 is 2.81 bits per heavy atom. The second-order valence-electron chi connectivity index (χ2n) is 4.89. The van der Waals surface area contributed by atoms with Crippen LogP contribution in [0.4, 0.5) is 4.79 Å². The number of amides is 4. The number of carbonyl (C=O) groups is 3. The van der Waals surface area contributed by atoms with E-state index < -0.39 is 0 Å². The summed E-state index contributed by atoms with van der Waals surface area (Å²) in [6, 6.07) is 5.20. The summed E-state index contributed by atoms with van der Waals surface area (Å²) in [6.07, 6.45) is 2.40. The van der Waals surface area contributed by atoms with Crippen LogP contribution in [0, 0.1) is 0 Å². The molecule has 1 fully saturated rings. The van der Waals surface area contributed by atoms with Gasteiger partial charge in [-0.05, 0) is 18.6 Å². The molecule has 7 heteroatoms. The highest BCUT2D eigenvalue weighted by molar-refractivity contribution is 6.01. The van der Waals surface area contributed by atoms with Crippen LogP contribution in [0.5, 0.6) is 0 Å². The Labute approximate surface area is 122 Å². The van der Waals surface area contributed by atoms with E-state index >= 15 is 0 Å². The van der Waals surface area contributed by atoms with Gasteiger partial charge in [-0.25, -0.2) is 4.79 Å². The second kappa shape index (κ2) is 6.83. The first-order chi connectivity index (χ1) is 10.1. The molecule has 0 bridgehead atoms. The SMILES string of the molecule is CN1CC(=O)N(CCCC(=O)NCc2ccccn2)C1=O. The Balaban J connectivity index is 1.68. The first kappa shape index (κ1) is 15.0. The van der Waals surface area contributed by atoms with E-state index in [1.807, 2.05) is 18.2 Å². The van der Waals surface area contributed by atoms with Crippen molar-refractivity contribution in [2.75, 3.05) is 20.1 Å². The molecule has 0 saturated carbocycles. The van der Waals surface area contributed by atoms with E-state index in [9.17, 15) is 14.4 Å². The monoisotopic (exact) mass is 290 g/mol. The average Bonchev–Trinajstić information content (AvgIpc) is 2.72. The smallest absolute Gasteiger partial charge is 0.326 e. The lowest BCUT2D eigenvalue weighted by molar-refractivity contribution is -0.126. The van der Waals surface area contributed by atoms with Crippen LogP contribution in [0.3, 0.4) is 0 Å². The first-order valence-corrected chi connectivity index (χ1v) is 6.80. The molecule has 0 spiro atoms. The Morgan fingerprint density at radius 1 is 1.38 bits per heavy atom. The summed E-state index contributed by atoms with van der Waals surface area (Å²) in [5.74, 6) is -0.329. The maximum atomic E-state index is 11.7. The molecule has 1 saturated heterocycles. The van der Waals surface area contributed by atoms with Crippen LogP contribution in [0.2, 0.25) is 0 Å². The predicted molar refractivity (Wildman–Crippen MR) is 75.1 cm³/mol. The second-order valence-corrected chi connectivity index (χ2v) is 4.89. The number of imide groups is 1. The first-order valence-electron chi connectivity index (χ1n) is 6.80. The van der Waals surface area contributed by atoms with Crippen molar-refractivity contribution in [3.8, 4) is 0 Å². The largest absolute Gasteiger partial charge is 0.350 e. The van der Waals surface area contributed by atoms with Gasteiger partial charge in [-0.2, -0.15) is 0 Å². The number of urea groups is 1. The van der Waals surface area contributed by atoms with Crippen molar-refractivity contribution >= 4 is 17.8 Å². The number of nitrogens with zero attached hydrogens (tertiary/aromatic N) is 3. The molecule has 0 aliphatic carbocycles. The van der Waals surface area contributed by atoms with Gasteiger partial charge in [-0.1, -0.05) is 6.07 Å². The number of aromatic nitrogens is 1. The van der Waals surface area contributed by atoms with Crippen molar-refractivity contribution in [1.29, 1.82) is 0 Å². The van der Waals surface area contributed by atoms with Gasteiger partial charge in [0.25, 0.3) is 0 Å². The molecule has 7 nitrogen and oxygen atoms in total. The van der Waals surface area contributed by atoms with Crippen molar-refractivity contribution < 1.29 is 14.4 Å². The molecule has 0 atom stereocenters. The highest BCUT2D eigenvalue weighted by Crippen LogP contribution is 2.09. The van der Waals surface area contributed by atoms with Crippen LogP contribution in [0.1, 0.15) is 18.5 Å². The molecule has 1 aliphatic heterocycles. The molecule has 1 aromatic rings. The fourth-order valence-electron chi connectivity index (χ4n) is 2.07. The minimum absolute atomic E-state index is 0.116. The fraction of sp³-hybridized carbons (Fsp3) is 0.429. The molecule has 21 heavy (non-hydrogen) atoms. The number of hydrogen-bond acceptors (Lipinski definition) is 4. The molecule has 0 radical (unpaired) electrons. The van der Waals surface area contributed by atoms with Gasteiger partial charge in [-0.15, -0.1) is 0 Å². The van der Waals surface area contributed by atoms with Gasteiger partial charge in [0.1, 0.15) is 6.54 Å². The van der Waals surface area contributed by atoms with Gasteiger partial charge in [0.2, 0.25) is 11.8 Å². The van der Waals surface area contributed by atoms with Gasteiger partial charge < -0.3 is 10.2 Å². The summed E-state index contributed by atoms with van der Waals surface area (Å²) >= 11 is 0. The molecule has 4 amide bonds. The highest BCUT2D eigenvalue weighted by atomic mass is 16.2. The highest BCUT2D eigenvalue weighted by Gasteiger charge is 2.32. The van der Waals surface area contributed by atoms with Crippen LogP contribution < -0.4 is 5.32 Å². The standard InChI is InChI=1S/C14H18N4O3/c1-17-10-13(20)18(14(17)21)8-4-6-12(19)16-9-11-5-2-3-7-15-11/h2-3,5,7H,4,6,8-10H2,1H3,(H,16,19). The van der Waals surface area contributed by atoms with Crippen molar-refractivity contribution in [2.45, 2.75) is 19.4 Å². The zero-order chi connectivity index (χ0) is 15.2. The normalized spacial score (nSPS) is 14.7. The molecule has 2 heterocycles. The molecule has 112 valence electrons. The molecule has 0 unspecified atom stereocenters. The quantitative estimate of drug-likeness (QED) is 0.767. The predicted octanol–water partition coefficient (Wildman–Crippen LogP) is 0.372. The average molecular weight is 290 g/mol. The van der Waals surface area contributed by atoms with Gasteiger partial charge >= 0.3 is 6.03 Å². The van der Waals surface area contributed by atoms with E-state index in [1.165, 1.54) is 9.80 Å². The molecule has 0 aromatic carbocycles. The third-order valence-corrected chi connectivity index (χ3v) is 3.21. The number of nitrogens with one attached hydrogen (secondary N) is 1. The van der Waals surface area contributed by atoms with Gasteiger partial charge in [0.05, 0.1) is 12.2 Å². The third kappa shape index (κ3) is 4.01. The zero-order valence-electron chi connectivity index (χ0n) is 11.9. The number of rotatable bonds is 6. The number of likely N-dealkylation sites (N-methyl/N-ethyl adjacent to an activating group) is 1. The Hall–Kier alpha value is -2.44. The number of hydrogen-bond donors (Lipinski definition) is 1. The molecule has 1 N–H and O–H groups in total. The molecular formula is C14H18N4O3. The lowest BCUT2D eigenvalue weighted by atomic mass is 10.2. The summed E-state index contributed by atoms with van der Waals surface area (Å²) < 4.78 is 0. The molecular weight excluding hydrogens is 272 g/mol. The molecule has 2 rings (SSSR count). The topological polar surface area (TPSA) is 82.6 Å². The number of carbonyl (C=O) groups excluding carboxylic acids is 3. The number of pyridine rings is 1. The third-order valence-electron chi connectivity index (χ3n) is 3.21. The van der Waals surface area contributed by atoms with Crippen LogP contribution in [0.15, 0.2) is 24.4 Å². The minimum Gasteiger partial charge on any atom is -0.350 e. The Morgan fingerprint density at radius 2 is 2.19 bits per heavy atom. The van der Waals surface area contributed by atoms with Crippen molar-refractivity contribution in [2.24, 2.45) is 0 Å². The van der Waals surface area contributed by atoms with Crippen molar-refractivity contribution in [3.63, 3.8) is 0 Å². The van der Waals surface area contributed by atoms with E-state index in [0.717, 1.165) is 5.69 Å². The van der Waals surface area contributed by atoms with E-state index in [2.05, 4.69) is 10.3 Å². The summed E-state index contributed by atoms with van der Waals surface area (Å²) in [5.41, 5.74) is 0.789. The fourth-order valence-corrected chi connectivity index (χ4v) is 2.07. The summed E-state index contributed by atoms with van der Waals surface area (Å²) in [7, 11) is 1.58. The van der Waals surface area contributed by atoms with Gasteiger partial charge in [0.15, 0.2) is 0 Å². The molecule has 1 aliphatic rings. The van der Waals surface area contributed by atoms with Crippen molar-refractivity contribution in [3.05, 3.63) is 30.1 Å². The zero-order valence-corrected chi connectivity index (χ0v) is 11.9. The minimum atomic E-state index is -0.297. The van der Waals surface area contributed by atoms with E-state index in [4.69, 9.17) is 0 Å². The summed E-state index contributed by atoms with van der Waals surface area (Å²) in [6.45, 7) is 0.772. The van der Waals surface area contributed by atoms with Gasteiger partial charge in [-0.3, -0.25) is 19.5 Å². The van der Waals surface area contributed by atoms with Crippen LogP contribution in [-0.4, -0.2) is 52.8 Å². The van der Waals surface area contributed by atoms with E-state index in [0.29, 0.717) is 13.0 Å². The maximum Gasteiger partial charge on any atom is 0.326 e. The lowest BCUT2D eigenvalue weighted by Crippen LogP contribution is -2.33. The van der Waals surface area contributed by atoms with Crippen molar-refractivity contribution in [1.82, 2.24) is 20.1 Å². The Kier molecular flexibility index (Phi) is 4.86. The van der Waals surface area contributed by atoms with Crippen LogP contribution >= 0.6 is 0 Å². The van der Waals surface area contributed by atoms with E-state index in [1.54, 1.807) is 13.2 Å². The molecule has 1 aromatic heterocycles. The Bertz CT molecular complexity index is 532. The van der Waals surface area contributed by atoms with Crippen LogP contribution in [0.25, 0.3) is 0 Å². The van der Waals surface area contributed by atoms with Crippen LogP contribution in [-0.2, 0) is 16.1 Å².